The molecule has 0 aliphatic rings. The highest BCUT2D eigenvalue weighted by molar-refractivity contribution is 7.14. The van der Waals surface area contributed by atoms with Crippen LogP contribution in [-0.4, -0.2) is 15.8 Å². The number of nitrogens with zero attached hydrogens (tertiary/aromatic N) is 2. The molecule has 0 fully saturated rings. The van der Waals surface area contributed by atoms with Crippen LogP contribution in [0.15, 0.2) is 64.4 Å². The van der Waals surface area contributed by atoms with Gasteiger partial charge in [-0.05, 0) is 24.3 Å². The number of fused-ring (bicyclic) bond motifs is 1. The number of nitrogens with one attached hydrogen (secondary N) is 1. The summed E-state index contributed by atoms with van der Waals surface area (Å²) in [6.07, 6.45) is 0. The number of non-ortho nitro benzene ring substituents is 1. The summed E-state index contributed by atoms with van der Waals surface area (Å²) in [6.45, 7) is 0. The van der Waals surface area contributed by atoms with Crippen molar-refractivity contribution in [3.8, 4) is 11.3 Å². The van der Waals surface area contributed by atoms with E-state index < -0.39 is 4.92 Å². The number of thiazole rings is 1. The Hall–Kier alpha value is -3.52. The molecule has 0 aliphatic carbocycles. The van der Waals surface area contributed by atoms with Gasteiger partial charge in [0.1, 0.15) is 5.58 Å². The van der Waals surface area contributed by atoms with Gasteiger partial charge in [-0.1, -0.05) is 18.2 Å². The molecule has 0 radical (unpaired) electrons. The van der Waals surface area contributed by atoms with Crippen molar-refractivity contribution >= 4 is 39.0 Å². The summed E-state index contributed by atoms with van der Waals surface area (Å²) >= 11 is 1.27. The molecule has 0 unspecified atom stereocenters. The minimum atomic E-state index is -0.455. The van der Waals surface area contributed by atoms with Crippen molar-refractivity contribution in [3.63, 3.8) is 0 Å². The molecule has 0 aliphatic heterocycles. The van der Waals surface area contributed by atoms with E-state index in [1.54, 1.807) is 29.6 Å². The number of carbonyl (C=O) groups is 1. The summed E-state index contributed by atoms with van der Waals surface area (Å²) in [4.78, 5) is 26.9. The van der Waals surface area contributed by atoms with E-state index >= 15 is 0 Å². The molecule has 2 heterocycles. The minimum Gasteiger partial charge on any atom is -0.451 e. The molecule has 128 valence electrons. The van der Waals surface area contributed by atoms with E-state index in [1.807, 2.05) is 18.2 Å². The van der Waals surface area contributed by atoms with Gasteiger partial charge in [-0.3, -0.25) is 20.2 Å². The molecule has 8 heteroatoms. The fraction of sp³-hybridized carbons (Fsp3) is 0. The van der Waals surface area contributed by atoms with Crippen molar-refractivity contribution < 1.29 is 14.1 Å². The van der Waals surface area contributed by atoms with Crippen LogP contribution in [0.1, 0.15) is 10.6 Å². The second-order valence-electron chi connectivity index (χ2n) is 5.44. The summed E-state index contributed by atoms with van der Waals surface area (Å²) in [5.41, 5.74) is 2.02. The average Bonchev–Trinajstić information content (AvgIpc) is 3.28. The van der Waals surface area contributed by atoms with E-state index in [1.165, 1.54) is 23.5 Å². The van der Waals surface area contributed by atoms with Crippen LogP contribution in [0.2, 0.25) is 0 Å². The van der Waals surface area contributed by atoms with E-state index in [0.717, 1.165) is 10.9 Å². The molecule has 26 heavy (non-hydrogen) atoms. The lowest BCUT2D eigenvalue weighted by atomic mass is 10.1. The maximum Gasteiger partial charge on any atom is 0.293 e. The van der Waals surface area contributed by atoms with Crippen LogP contribution >= 0.6 is 11.3 Å². The molecule has 0 bridgehead atoms. The molecule has 4 aromatic rings. The maximum absolute atomic E-state index is 12.3. The Balaban J connectivity index is 1.52. The van der Waals surface area contributed by atoms with Gasteiger partial charge in [0.15, 0.2) is 10.9 Å². The molecular weight excluding hydrogens is 354 g/mol. The van der Waals surface area contributed by atoms with Crippen LogP contribution in [0.5, 0.6) is 0 Å². The molecule has 0 saturated carbocycles. The molecule has 1 amide bonds. The van der Waals surface area contributed by atoms with E-state index in [2.05, 4.69) is 10.3 Å². The van der Waals surface area contributed by atoms with E-state index in [-0.39, 0.29) is 17.4 Å². The number of nitro groups is 1. The number of furan rings is 1. The first-order valence-electron chi connectivity index (χ1n) is 7.60. The van der Waals surface area contributed by atoms with Crippen molar-refractivity contribution in [2.45, 2.75) is 0 Å². The second-order valence-corrected chi connectivity index (χ2v) is 6.30. The average molecular weight is 365 g/mol. The van der Waals surface area contributed by atoms with Gasteiger partial charge in [0, 0.05) is 28.5 Å². The first kappa shape index (κ1) is 16.0. The molecule has 2 aromatic heterocycles. The number of aromatic nitrogens is 1. The Morgan fingerprint density at radius 3 is 2.65 bits per heavy atom. The summed E-state index contributed by atoms with van der Waals surface area (Å²) in [7, 11) is 0. The number of anilines is 1. The molecule has 0 atom stereocenters. The van der Waals surface area contributed by atoms with E-state index in [4.69, 9.17) is 4.42 Å². The van der Waals surface area contributed by atoms with E-state index in [9.17, 15) is 14.9 Å². The number of benzene rings is 2. The van der Waals surface area contributed by atoms with Gasteiger partial charge in [-0.25, -0.2) is 4.98 Å². The van der Waals surface area contributed by atoms with Gasteiger partial charge in [-0.2, -0.15) is 0 Å². The first-order valence-corrected chi connectivity index (χ1v) is 8.48. The molecule has 0 saturated heterocycles. The van der Waals surface area contributed by atoms with Crippen LogP contribution in [0.25, 0.3) is 22.2 Å². The molecule has 4 rings (SSSR count). The lowest BCUT2D eigenvalue weighted by Crippen LogP contribution is -2.10. The molecule has 1 N–H and O–H groups in total. The van der Waals surface area contributed by atoms with Crippen molar-refractivity contribution in [2.24, 2.45) is 0 Å². The fourth-order valence-electron chi connectivity index (χ4n) is 2.47. The first-order chi connectivity index (χ1) is 12.6. The third-order valence-electron chi connectivity index (χ3n) is 3.75. The van der Waals surface area contributed by atoms with Gasteiger partial charge in [0.2, 0.25) is 0 Å². The second kappa shape index (κ2) is 6.41. The molecule has 2 aromatic carbocycles. The third kappa shape index (κ3) is 3.05. The number of nitro benzene ring substituents is 1. The standard InChI is InChI=1S/C18H11N3O4S/c22-17(16-9-12-3-1-2-4-15(12)25-16)20-18-19-14(10-26-18)11-5-7-13(8-6-11)21(23)24/h1-10H,(H,19,20,22). The number of para-hydroxylation sites is 1. The smallest absolute Gasteiger partial charge is 0.293 e. The number of carbonyl (C=O) groups excluding carboxylic acids is 1. The predicted molar refractivity (Wildman–Crippen MR) is 98.4 cm³/mol. The summed E-state index contributed by atoms with van der Waals surface area (Å²) in [6, 6.07) is 15.1. The summed E-state index contributed by atoms with van der Waals surface area (Å²) in [5, 5.41) is 16.5. The Kier molecular flexibility index (Phi) is 3.94. The molecule has 0 spiro atoms. The molecular formula is C18H11N3O4S. The van der Waals surface area contributed by atoms with Crippen LogP contribution in [0.3, 0.4) is 0 Å². The summed E-state index contributed by atoms with van der Waals surface area (Å²) < 4.78 is 5.53. The number of amides is 1. The van der Waals surface area contributed by atoms with E-state index in [0.29, 0.717) is 16.4 Å². The normalized spacial score (nSPS) is 10.8. The molecule has 7 nitrogen and oxygen atoms in total. The maximum atomic E-state index is 12.3. The highest BCUT2D eigenvalue weighted by Crippen LogP contribution is 2.27. The van der Waals surface area contributed by atoms with Crippen LogP contribution in [0, 0.1) is 10.1 Å². The topological polar surface area (TPSA) is 98.3 Å². The van der Waals surface area contributed by atoms with Crippen LogP contribution in [-0.2, 0) is 0 Å². The Morgan fingerprint density at radius 2 is 1.92 bits per heavy atom. The fourth-order valence-corrected chi connectivity index (χ4v) is 3.18. The van der Waals surface area contributed by atoms with Crippen molar-refractivity contribution in [1.29, 1.82) is 0 Å². The van der Waals surface area contributed by atoms with Gasteiger partial charge >= 0.3 is 0 Å². The zero-order valence-electron chi connectivity index (χ0n) is 13.2. The Bertz CT molecular complexity index is 1080. The largest absolute Gasteiger partial charge is 0.451 e. The zero-order chi connectivity index (χ0) is 18.1. The number of hydrogen-bond donors (Lipinski definition) is 1. The predicted octanol–water partition coefficient (Wildman–Crippen LogP) is 4.72. The monoisotopic (exact) mass is 365 g/mol. The van der Waals surface area contributed by atoms with Crippen molar-refractivity contribution in [1.82, 2.24) is 4.98 Å². The minimum absolute atomic E-state index is 0.0161. The SMILES string of the molecule is O=C(Nc1nc(-c2ccc([N+](=O)[O-])cc2)cs1)c1cc2ccccc2o1. The number of rotatable bonds is 4. The quantitative estimate of drug-likeness (QED) is 0.417. The number of hydrogen-bond acceptors (Lipinski definition) is 6. The third-order valence-corrected chi connectivity index (χ3v) is 4.51. The van der Waals surface area contributed by atoms with Crippen molar-refractivity contribution in [3.05, 3.63) is 75.9 Å². The van der Waals surface area contributed by atoms with Crippen LogP contribution in [0.4, 0.5) is 10.8 Å². The van der Waals surface area contributed by atoms with Gasteiger partial charge in [0.05, 0.1) is 10.6 Å². The zero-order valence-corrected chi connectivity index (χ0v) is 14.0. The summed E-state index contributed by atoms with van der Waals surface area (Å²) in [5.74, 6) is -0.177. The van der Waals surface area contributed by atoms with Gasteiger partial charge in [0.25, 0.3) is 11.6 Å². The highest BCUT2D eigenvalue weighted by atomic mass is 32.1. The van der Waals surface area contributed by atoms with Crippen molar-refractivity contribution in [2.75, 3.05) is 5.32 Å². The van der Waals surface area contributed by atoms with Gasteiger partial charge < -0.3 is 4.42 Å². The highest BCUT2D eigenvalue weighted by Gasteiger charge is 2.15. The Labute approximate surface area is 151 Å². The van der Waals surface area contributed by atoms with Crippen LogP contribution < -0.4 is 5.32 Å². The van der Waals surface area contributed by atoms with Gasteiger partial charge in [-0.15, -0.1) is 11.3 Å². The lowest BCUT2D eigenvalue weighted by molar-refractivity contribution is -0.384. The lowest BCUT2D eigenvalue weighted by Gasteiger charge is -1.98. The Morgan fingerprint density at radius 1 is 1.15 bits per heavy atom.